The number of carbonyl (C=O) groups is 1. The van der Waals surface area contributed by atoms with Crippen molar-refractivity contribution in [3.63, 3.8) is 0 Å². The largest absolute Gasteiger partial charge is 0.325 e. The van der Waals surface area contributed by atoms with Crippen molar-refractivity contribution < 1.29 is 9.18 Å². The molecule has 0 aromatic heterocycles. The minimum Gasteiger partial charge on any atom is -0.325 e. The van der Waals surface area contributed by atoms with Gasteiger partial charge in [0.25, 0.3) is 0 Å². The maximum atomic E-state index is 12.9. The molecule has 0 bridgehead atoms. The number of hydrogen-bond acceptors (Lipinski definition) is 2. The van der Waals surface area contributed by atoms with E-state index in [0.717, 1.165) is 12.5 Å². The number of likely N-dealkylation sites (tertiary alicyclic amines) is 1. The minimum absolute atomic E-state index is 0.00725. The second-order valence-corrected chi connectivity index (χ2v) is 6.28. The van der Waals surface area contributed by atoms with Crippen molar-refractivity contribution >= 4 is 11.6 Å². The van der Waals surface area contributed by atoms with Crippen molar-refractivity contribution in [2.45, 2.75) is 44.6 Å². The lowest BCUT2D eigenvalue weighted by Crippen LogP contribution is -2.49. The summed E-state index contributed by atoms with van der Waals surface area (Å²) in [7, 11) is 0. The molecule has 1 aromatic carbocycles. The molecule has 21 heavy (non-hydrogen) atoms. The average molecular weight is 290 g/mol. The summed E-state index contributed by atoms with van der Waals surface area (Å²) in [6.45, 7) is 1.48. The van der Waals surface area contributed by atoms with E-state index in [4.69, 9.17) is 0 Å². The standard InChI is InChI=1S/C17H23FN2O/c18-14-7-9-15(10-8-14)19-17(21)12-20-11-3-5-13-4-1-2-6-16(13)20/h7-10,13,16H,1-6,11-12H2,(H,19,21)/t13-,16+/m1/s1. The first-order chi connectivity index (χ1) is 10.2. The van der Waals surface area contributed by atoms with Gasteiger partial charge in [0.2, 0.25) is 5.91 Å². The molecule has 3 rings (SSSR count). The monoisotopic (exact) mass is 290 g/mol. The van der Waals surface area contributed by atoms with Gasteiger partial charge in [-0.1, -0.05) is 12.8 Å². The predicted octanol–water partition coefficient (Wildman–Crippen LogP) is 3.42. The fourth-order valence-corrected chi connectivity index (χ4v) is 3.84. The molecule has 0 radical (unpaired) electrons. The molecule has 1 heterocycles. The number of hydrogen-bond donors (Lipinski definition) is 1. The average Bonchev–Trinajstić information content (AvgIpc) is 2.50. The third-order valence-electron chi connectivity index (χ3n) is 4.83. The number of benzene rings is 1. The molecule has 2 atom stereocenters. The summed E-state index contributed by atoms with van der Waals surface area (Å²) < 4.78 is 12.9. The quantitative estimate of drug-likeness (QED) is 0.925. The van der Waals surface area contributed by atoms with Crippen LogP contribution in [0.2, 0.25) is 0 Å². The van der Waals surface area contributed by atoms with E-state index in [9.17, 15) is 9.18 Å². The van der Waals surface area contributed by atoms with Crippen LogP contribution >= 0.6 is 0 Å². The van der Waals surface area contributed by atoms with Crippen LogP contribution in [-0.2, 0) is 4.79 Å². The van der Waals surface area contributed by atoms with Gasteiger partial charge in [0.1, 0.15) is 5.82 Å². The number of rotatable bonds is 3. The highest BCUT2D eigenvalue weighted by molar-refractivity contribution is 5.92. The molecule has 1 N–H and O–H groups in total. The van der Waals surface area contributed by atoms with Crippen molar-refractivity contribution in [2.75, 3.05) is 18.4 Å². The van der Waals surface area contributed by atoms with Crippen LogP contribution in [0, 0.1) is 11.7 Å². The normalized spacial score (nSPS) is 26.1. The molecule has 4 heteroatoms. The van der Waals surface area contributed by atoms with Gasteiger partial charge in [-0.2, -0.15) is 0 Å². The molecule has 1 aromatic rings. The van der Waals surface area contributed by atoms with Gasteiger partial charge in [-0.15, -0.1) is 0 Å². The number of halogens is 1. The third kappa shape index (κ3) is 3.62. The topological polar surface area (TPSA) is 32.3 Å². The maximum Gasteiger partial charge on any atom is 0.238 e. The molecular formula is C17H23FN2O. The summed E-state index contributed by atoms with van der Waals surface area (Å²) in [6, 6.07) is 6.53. The van der Waals surface area contributed by atoms with E-state index in [0.29, 0.717) is 18.3 Å². The Balaban J connectivity index is 1.57. The molecule has 0 unspecified atom stereocenters. The van der Waals surface area contributed by atoms with Crippen LogP contribution in [0.1, 0.15) is 38.5 Å². The first-order valence-electron chi connectivity index (χ1n) is 8.02. The van der Waals surface area contributed by atoms with Gasteiger partial charge in [-0.3, -0.25) is 9.69 Å². The van der Waals surface area contributed by atoms with Gasteiger partial charge in [0, 0.05) is 11.7 Å². The molecule has 0 spiro atoms. The van der Waals surface area contributed by atoms with Crippen LogP contribution in [0.25, 0.3) is 0 Å². The summed E-state index contributed by atoms with van der Waals surface area (Å²) in [5, 5.41) is 2.86. The second-order valence-electron chi connectivity index (χ2n) is 6.28. The van der Waals surface area contributed by atoms with Crippen molar-refractivity contribution in [2.24, 2.45) is 5.92 Å². The van der Waals surface area contributed by atoms with Crippen LogP contribution in [0.3, 0.4) is 0 Å². The van der Waals surface area contributed by atoms with E-state index in [2.05, 4.69) is 10.2 Å². The van der Waals surface area contributed by atoms with Gasteiger partial charge >= 0.3 is 0 Å². The lowest BCUT2D eigenvalue weighted by molar-refractivity contribution is -0.118. The zero-order valence-electron chi connectivity index (χ0n) is 12.4. The van der Waals surface area contributed by atoms with Crippen LogP contribution in [0.5, 0.6) is 0 Å². The Morgan fingerprint density at radius 3 is 2.67 bits per heavy atom. The molecule has 2 fully saturated rings. The number of anilines is 1. The van der Waals surface area contributed by atoms with Crippen LogP contribution in [-0.4, -0.2) is 29.9 Å². The van der Waals surface area contributed by atoms with Gasteiger partial charge in [0.15, 0.2) is 0 Å². The lowest BCUT2D eigenvalue weighted by atomic mass is 9.78. The first-order valence-corrected chi connectivity index (χ1v) is 8.02. The van der Waals surface area contributed by atoms with Crippen molar-refractivity contribution in [1.29, 1.82) is 0 Å². The lowest BCUT2D eigenvalue weighted by Gasteiger charge is -2.43. The molecule has 2 aliphatic rings. The highest BCUT2D eigenvalue weighted by Crippen LogP contribution is 2.35. The molecule has 114 valence electrons. The summed E-state index contributed by atoms with van der Waals surface area (Å²) in [5.74, 6) is 0.507. The van der Waals surface area contributed by atoms with Crippen LogP contribution in [0.15, 0.2) is 24.3 Å². The van der Waals surface area contributed by atoms with Crippen molar-refractivity contribution in [3.05, 3.63) is 30.1 Å². The Kier molecular flexibility index (Phi) is 4.54. The molecule has 1 aliphatic carbocycles. The van der Waals surface area contributed by atoms with E-state index < -0.39 is 0 Å². The van der Waals surface area contributed by atoms with Crippen LogP contribution in [0.4, 0.5) is 10.1 Å². The maximum absolute atomic E-state index is 12.9. The van der Waals surface area contributed by atoms with Crippen LogP contribution < -0.4 is 5.32 Å². The Labute approximate surface area is 125 Å². The fourth-order valence-electron chi connectivity index (χ4n) is 3.84. The number of fused-ring (bicyclic) bond motifs is 1. The third-order valence-corrected chi connectivity index (χ3v) is 4.83. The zero-order chi connectivity index (χ0) is 14.7. The fraction of sp³-hybridized carbons (Fsp3) is 0.588. The Morgan fingerprint density at radius 1 is 1.14 bits per heavy atom. The molecule has 1 amide bonds. The second kappa shape index (κ2) is 6.56. The van der Waals surface area contributed by atoms with Gasteiger partial charge in [0.05, 0.1) is 6.54 Å². The van der Waals surface area contributed by atoms with E-state index in [-0.39, 0.29) is 11.7 Å². The molecule has 1 saturated carbocycles. The van der Waals surface area contributed by atoms with Crippen molar-refractivity contribution in [1.82, 2.24) is 4.90 Å². The number of nitrogens with zero attached hydrogens (tertiary/aromatic N) is 1. The van der Waals surface area contributed by atoms with Gasteiger partial charge in [-0.25, -0.2) is 4.39 Å². The van der Waals surface area contributed by atoms with Gasteiger partial charge in [-0.05, 0) is 62.4 Å². The summed E-state index contributed by atoms with van der Waals surface area (Å²) in [6.07, 6.45) is 7.70. The summed E-state index contributed by atoms with van der Waals surface area (Å²) >= 11 is 0. The molecular weight excluding hydrogens is 267 g/mol. The SMILES string of the molecule is O=C(CN1CCC[C@H]2CCCC[C@@H]21)Nc1ccc(F)cc1. The minimum atomic E-state index is -0.283. The number of piperidine rings is 1. The van der Waals surface area contributed by atoms with E-state index in [1.54, 1.807) is 12.1 Å². The first kappa shape index (κ1) is 14.5. The smallest absolute Gasteiger partial charge is 0.238 e. The Hall–Kier alpha value is -1.42. The molecule has 1 aliphatic heterocycles. The highest BCUT2D eigenvalue weighted by atomic mass is 19.1. The highest BCUT2D eigenvalue weighted by Gasteiger charge is 2.33. The number of amides is 1. The molecule has 1 saturated heterocycles. The van der Waals surface area contributed by atoms with Gasteiger partial charge < -0.3 is 5.32 Å². The van der Waals surface area contributed by atoms with E-state index in [1.807, 2.05) is 0 Å². The van der Waals surface area contributed by atoms with E-state index >= 15 is 0 Å². The Bertz CT molecular complexity index is 486. The van der Waals surface area contributed by atoms with Crippen molar-refractivity contribution in [3.8, 4) is 0 Å². The molecule has 3 nitrogen and oxygen atoms in total. The van der Waals surface area contributed by atoms with E-state index in [1.165, 1.54) is 50.7 Å². The number of nitrogens with one attached hydrogen (secondary N) is 1. The summed E-state index contributed by atoms with van der Waals surface area (Å²) in [4.78, 5) is 14.5. The summed E-state index contributed by atoms with van der Waals surface area (Å²) in [5.41, 5.74) is 0.665. The number of carbonyl (C=O) groups excluding carboxylic acids is 1. The zero-order valence-corrected chi connectivity index (χ0v) is 12.4. The predicted molar refractivity (Wildman–Crippen MR) is 81.6 cm³/mol. The Morgan fingerprint density at radius 2 is 1.86 bits per heavy atom.